The Labute approximate surface area is 105 Å². The largest absolute Gasteiger partial charge is 0.357 e. The molecule has 2 saturated heterocycles. The van der Waals surface area contributed by atoms with E-state index >= 15 is 0 Å². The molecule has 94 valence electrons. The van der Waals surface area contributed by atoms with E-state index in [0.717, 1.165) is 18.9 Å². The standard InChI is InChI=1S/C14H23N3/c1-4-5-6-13(15-2)17-9-7-14(8-10-17)11-16(3)12-14/h4-6H,2,7-12H2,1,3H3/b5-4-,13-6+. The van der Waals surface area contributed by atoms with Gasteiger partial charge in [-0.15, -0.1) is 0 Å². The Morgan fingerprint density at radius 3 is 2.41 bits per heavy atom. The number of nitrogens with zero attached hydrogens (tertiary/aromatic N) is 3. The predicted molar refractivity (Wildman–Crippen MR) is 73.2 cm³/mol. The van der Waals surface area contributed by atoms with Gasteiger partial charge in [0.1, 0.15) is 5.82 Å². The van der Waals surface area contributed by atoms with Gasteiger partial charge in [-0.1, -0.05) is 12.2 Å². The summed E-state index contributed by atoms with van der Waals surface area (Å²) >= 11 is 0. The molecule has 0 aromatic heterocycles. The van der Waals surface area contributed by atoms with Crippen molar-refractivity contribution in [1.29, 1.82) is 0 Å². The minimum Gasteiger partial charge on any atom is -0.357 e. The van der Waals surface area contributed by atoms with Crippen LogP contribution in [0.2, 0.25) is 0 Å². The highest BCUT2D eigenvalue weighted by molar-refractivity contribution is 5.30. The van der Waals surface area contributed by atoms with Gasteiger partial charge >= 0.3 is 0 Å². The Morgan fingerprint density at radius 1 is 1.29 bits per heavy atom. The first kappa shape index (κ1) is 12.4. The number of likely N-dealkylation sites (tertiary alicyclic amines) is 2. The highest BCUT2D eigenvalue weighted by Crippen LogP contribution is 2.40. The number of piperidine rings is 1. The van der Waals surface area contributed by atoms with Crippen molar-refractivity contribution in [2.75, 3.05) is 33.2 Å². The van der Waals surface area contributed by atoms with E-state index in [1.54, 1.807) is 0 Å². The van der Waals surface area contributed by atoms with E-state index in [1.165, 1.54) is 25.9 Å². The minimum absolute atomic E-state index is 0.609. The molecule has 0 unspecified atom stereocenters. The van der Waals surface area contributed by atoms with Crippen LogP contribution in [0.5, 0.6) is 0 Å². The zero-order valence-corrected chi connectivity index (χ0v) is 11.0. The third kappa shape index (κ3) is 2.60. The lowest BCUT2D eigenvalue weighted by Gasteiger charge is -2.53. The lowest BCUT2D eigenvalue weighted by molar-refractivity contribution is -0.0250. The van der Waals surface area contributed by atoms with Crippen molar-refractivity contribution in [2.45, 2.75) is 19.8 Å². The van der Waals surface area contributed by atoms with Crippen molar-refractivity contribution in [3.8, 4) is 0 Å². The first-order valence-corrected chi connectivity index (χ1v) is 6.42. The summed E-state index contributed by atoms with van der Waals surface area (Å²) in [4.78, 5) is 8.90. The summed E-state index contributed by atoms with van der Waals surface area (Å²) in [7, 11) is 2.21. The van der Waals surface area contributed by atoms with E-state index < -0.39 is 0 Å². The maximum atomic E-state index is 4.13. The molecule has 2 aliphatic rings. The Hall–Kier alpha value is -1.09. The monoisotopic (exact) mass is 233 g/mol. The minimum atomic E-state index is 0.609. The third-order valence-electron chi connectivity index (χ3n) is 3.96. The quantitative estimate of drug-likeness (QED) is 0.549. The van der Waals surface area contributed by atoms with Crippen LogP contribution in [0.15, 0.2) is 29.0 Å². The molecule has 0 bridgehead atoms. The highest BCUT2D eigenvalue weighted by atomic mass is 15.2. The molecule has 0 N–H and O–H groups in total. The van der Waals surface area contributed by atoms with E-state index in [0.29, 0.717) is 5.41 Å². The summed E-state index contributed by atoms with van der Waals surface area (Å²) in [6, 6.07) is 0. The second-order valence-electron chi connectivity index (χ2n) is 5.37. The van der Waals surface area contributed by atoms with E-state index in [1.807, 2.05) is 19.1 Å². The van der Waals surface area contributed by atoms with E-state index in [9.17, 15) is 0 Å². The van der Waals surface area contributed by atoms with Gasteiger partial charge in [0.25, 0.3) is 0 Å². The average Bonchev–Trinajstić information content (AvgIpc) is 2.30. The lowest BCUT2D eigenvalue weighted by Crippen LogP contribution is -2.58. The molecule has 2 heterocycles. The predicted octanol–water partition coefficient (Wildman–Crippen LogP) is 2.13. The van der Waals surface area contributed by atoms with Crippen LogP contribution in [0, 0.1) is 5.41 Å². The molecular formula is C14H23N3. The molecule has 1 spiro atoms. The smallest absolute Gasteiger partial charge is 0.127 e. The Kier molecular flexibility index (Phi) is 3.67. The lowest BCUT2D eigenvalue weighted by atomic mass is 9.72. The summed E-state index contributed by atoms with van der Waals surface area (Å²) in [5.41, 5.74) is 0.609. The number of rotatable bonds is 3. The number of hydrogen-bond acceptors (Lipinski definition) is 3. The Balaban J connectivity index is 1.92. The molecule has 0 amide bonds. The van der Waals surface area contributed by atoms with Crippen LogP contribution >= 0.6 is 0 Å². The van der Waals surface area contributed by atoms with Crippen LogP contribution in [-0.4, -0.2) is 49.7 Å². The van der Waals surface area contributed by atoms with Crippen LogP contribution < -0.4 is 0 Å². The van der Waals surface area contributed by atoms with E-state index in [4.69, 9.17) is 0 Å². The van der Waals surface area contributed by atoms with Crippen LogP contribution in [0.4, 0.5) is 0 Å². The van der Waals surface area contributed by atoms with Crippen molar-refractivity contribution in [2.24, 2.45) is 10.4 Å². The van der Waals surface area contributed by atoms with Gasteiger partial charge in [0.15, 0.2) is 0 Å². The second-order valence-corrected chi connectivity index (χ2v) is 5.37. The van der Waals surface area contributed by atoms with Gasteiger partial charge in [0, 0.05) is 26.2 Å². The summed E-state index contributed by atoms with van der Waals surface area (Å²) < 4.78 is 0. The molecule has 0 aromatic carbocycles. The Morgan fingerprint density at radius 2 is 1.94 bits per heavy atom. The molecule has 3 nitrogen and oxygen atoms in total. The molecule has 2 aliphatic heterocycles. The van der Waals surface area contributed by atoms with Crippen LogP contribution in [0.3, 0.4) is 0 Å². The fraction of sp³-hybridized carbons (Fsp3) is 0.643. The summed E-state index contributed by atoms with van der Waals surface area (Å²) in [5.74, 6) is 1.02. The van der Waals surface area contributed by atoms with Gasteiger partial charge in [-0.05, 0) is 45.0 Å². The van der Waals surface area contributed by atoms with Gasteiger partial charge < -0.3 is 9.80 Å². The topological polar surface area (TPSA) is 18.8 Å². The zero-order valence-electron chi connectivity index (χ0n) is 11.0. The molecule has 2 fully saturated rings. The van der Waals surface area contributed by atoms with Crippen molar-refractivity contribution < 1.29 is 0 Å². The van der Waals surface area contributed by atoms with E-state index in [-0.39, 0.29) is 0 Å². The molecule has 0 aliphatic carbocycles. The molecule has 17 heavy (non-hydrogen) atoms. The van der Waals surface area contributed by atoms with Gasteiger partial charge in [-0.25, -0.2) is 4.99 Å². The first-order valence-electron chi connectivity index (χ1n) is 6.42. The van der Waals surface area contributed by atoms with Gasteiger partial charge in [-0.2, -0.15) is 0 Å². The van der Waals surface area contributed by atoms with Gasteiger partial charge in [0.2, 0.25) is 0 Å². The zero-order chi connectivity index (χ0) is 12.3. The maximum Gasteiger partial charge on any atom is 0.127 e. The van der Waals surface area contributed by atoms with Crippen LogP contribution in [0.25, 0.3) is 0 Å². The molecule has 3 heteroatoms. The maximum absolute atomic E-state index is 4.13. The third-order valence-corrected chi connectivity index (χ3v) is 3.96. The molecule has 0 saturated carbocycles. The number of hydrogen-bond donors (Lipinski definition) is 0. The fourth-order valence-corrected chi connectivity index (χ4v) is 3.07. The number of aliphatic imine (C=N–C) groups is 1. The molecule has 0 atom stereocenters. The van der Waals surface area contributed by atoms with Crippen molar-refractivity contribution >= 4 is 6.72 Å². The van der Waals surface area contributed by atoms with Gasteiger partial charge in [0.05, 0.1) is 0 Å². The Bertz CT molecular complexity index is 327. The van der Waals surface area contributed by atoms with Gasteiger partial charge in [-0.3, -0.25) is 0 Å². The number of allylic oxidation sites excluding steroid dienone is 3. The normalized spacial score (nSPS) is 25.3. The molecule has 2 rings (SSSR count). The van der Waals surface area contributed by atoms with Crippen molar-refractivity contribution in [3.63, 3.8) is 0 Å². The molecular weight excluding hydrogens is 210 g/mol. The summed E-state index contributed by atoms with van der Waals surface area (Å²) in [6.07, 6.45) is 8.70. The summed E-state index contributed by atoms with van der Waals surface area (Å²) in [5, 5.41) is 0. The van der Waals surface area contributed by atoms with Crippen LogP contribution in [-0.2, 0) is 0 Å². The highest BCUT2D eigenvalue weighted by Gasteiger charge is 2.43. The summed E-state index contributed by atoms with van der Waals surface area (Å²) in [6.45, 7) is 10.5. The van der Waals surface area contributed by atoms with E-state index in [2.05, 4.69) is 34.6 Å². The average molecular weight is 233 g/mol. The second kappa shape index (κ2) is 5.05. The van der Waals surface area contributed by atoms with Crippen molar-refractivity contribution in [3.05, 3.63) is 24.0 Å². The fourth-order valence-electron chi connectivity index (χ4n) is 3.07. The first-order chi connectivity index (χ1) is 8.19. The SMILES string of the molecule is C=N/C(=C\C=C/C)N1CCC2(CC1)CN(C)C2. The molecule has 0 aromatic rings. The van der Waals surface area contributed by atoms with Crippen molar-refractivity contribution in [1.82, 2.24) is 9.80 Å². The van der Waals surface area contributed by atoms with Crippen LogP contribution in [0.1, 0.15) is 19.8 Å². The molecule has 0 radical (unpaired) electrons.